The lowest BCUT2D eigenvalue weighted by molar-refractivity contribution is 0.350. The molecule has 0 spiro atoms. The second-order valence-electron chi connectivity index (χ2n) is 5.63. The van der Waals surface area contributed by atoms with E-state index in [0.29, 0.717) is 34.6 Å². The SMILES string of the molecule is COc1ccc(-c2noc(=O)n2Cc2nc(C(C)C)no2)cc1OC. The third-order valence-electron chi connectivity index (χ3n) is 3.62. The van der Waals surface area contributed by atoms with Crippen LogP contribution in [0.3, 0.4) is 0 Å². The highest BCUT2D eigenvalue weighted by Gasteiger charge is 2.18. The van der Waals surface area contributed by atoms with Gasteiger partial charge in [0.05, 0.1) is 14.2 Å². The van der Waals surface area contributed by atoms with E-state index in [1.54, 1.807) is 25.3 Å². The molecule has 0 aliphatic carbocycles. The minimum absolute atomic E-state index is 0.0612. The molecule has 0 fully saturated rings. The maximum Gasteiger partial charge on any atom is 0.442 e. The first-order chi connectivity index (χ1) is 12.0. The van der Waals surface area contributed by atoms with Gasteiger partial charge in [-0.2, -0.15) is 4.98 Å². The van der Waals surface area contributed by atoms with Gasteiger partial charge >= 0.3 is 5.76 Å². The lowest BCUT2D eigenvalue weighted by Crippen LogP contribution is -2.16. The smallest absolute Gasteiger partial charge is 0.442 e. The number of methoxy groups -OCH3 is 2. The zero-order valence-electron chi connectivity index (χ0n) is 14.3. The van der Waals surface area contributed by atoms with Crippen molar-refractivity contribution in [1.29, 1.82) is 0 Å². The second-order valence-corrected chi connectivity index (χ2v) is 5.63. The molecular formula is C16H18N4O5. The Morgan fingerprint density at radius 1 is 1.12 bits per heavy atom. The fourth-order valence-electron chi connectivity index (χ4n) is 2.29. The molecule has 3 aromatic rings. The van der Waals surface area contributed by atoms with E-state index in [4.69, 9.17) is 18.5 Å². The van der Waals surface area contributed by atoms with Crippen molar-refractivity contribution in [2.75, 3.05) is 14.2 Å². The minimum atomic E-state index is -0.617. The number of hydrogen-bond donors (Lipinski definition) is 0. The molecule has 9 nitrogen and oxygen atoms in total. The van der Waals surface area contributed by atoms with Crippen LogP contribution in [-0.2, 0) is 6.54 Å². The predicted molar refractivity (Wildman–Crippen MR) is 86.8 cm³/mol. The van der Waals surface area contributed by atoms with Gasteiger partial charge in [0.25, 0.3) is 0 Å². The molecule has 0 unspecified atom stereocenters. The molecule has 9 heteroatoms. The number of benzene rings is 1. The molecule has 0 saturated heterocycles. The fraction of sp³-hybridized carbons (Fsp3) is 0.375. The first-order valence-electron chi connectivity index (χ1n) is 7.65. The van der Waals surface area contributed by atoms with E-state index < -0.39 is 5.76 Å². The van der Waals surface area contributed by atoms with Crippen LogP contribution in [0.4, 0.5) is 0 Å². The van der Waals surface area contributed by atoms with E-state index in [0.717, 1.165) is 0 Å². The summed E-state index contributed by atoms with van der Waals surface area (Å²) in [5.41, 5.74) is 0.632. The third kappa shape index (κ3) is 3.25. The van der Waals surface area contributed by atoms with Crippen LogP contribution in [0.2, 0.25) is 0 Å². The van der Waals surface area contributed by atoms with Crippen molar-refractivity contribution >= 4 is 0 Å². The van der Waals surface area contributed by atoms with Crippen LogP contribution in [0, 0.1) is 0 Å². The van der Waals surface area contributed by atoms with Crippen LogP contribution < -0.4 is 15.2 Å². The van der Waals surface area contributed by atoms with E-state index in [1.165, 1.54) is 11.7 Å². The molecule has 25 heavy (non-hydrogen) atoms. The summed E-state index contributed by atoms with van der Waals surface area (Å²) in [7, 11) is 3.08. The van der Waals surface area contributed by atoms with Crippen molar-refractivity contribution in [3.05, 3.63) is 40.5 Å². The van der Waals surface area contributed by atoms with Gasteiger partial charge in [-0.3, -0.25) is 4.52 Å². The summed E-state index contributed by atoms with van der Waals surface area (Å²) in [5, 5.41) is 7.73. The Morgan fingerprint density at radius 2 is 1.88 bits per heavy atom. The summed E-state index contributed by atoms with van der Waals surface area (Å²) in [4.78, 5) is 16.3. The monoisotopic (exact) mass is 346 g/mol. The molecular weight excluding hydrogens is 328 g/mol. The van der Waals surface area contributed by atoms with Gasteiger partial charge < -0.3 is 14.0 Å². The summed E-state index contributed by atoms with van der Waals surface area (Å²) in [6.45, 7) is 3.97. The molecule has 0 saturated carbocycles. The van der Waals surface area contributed by atoms with E-state index in [9.17, 15) is 4.79 Å². The van der Waals surface area contributed by atoms with Crippen LogP contribution >= 0.6 is 0 Å². The number of aromatic nitrogens is 4. The van der Waals surface area contributed by atoms with Crippen molar-refractivity contribution in [3.63, 3.8) is 0 Å². The van der Waals surface area contributed by atoms with Gasteiger partial charge in [0, 0.05) is 11.5 Å². The number of hydrogen-bond acceptors (Lipinski definition) is 8. The maximum atomic E-state index is 12.0. The van der Waals surface area contributed by atoms with Crippen molar-refractivity contribution in [3.8, 4) is 22.9 Å². The average molecular weight is 346 g/mol. The van der Waals surface area contributed by atoms with Crippen LogP contribution in [0.5, 0.6) is 11.5 Å². The van der Waals surface area contributed by atoms with Crippen molar-refractivity contribution < 1.29 is 18.5 Å². The standard InChI is InChI=1S/C16H18N4O5/c1-9(2)14-17-13(24-18-14)8-20-15(19-25-16(20)21)10-5-6-11(22-3)12(7-10)23-4/h5-7,9H,8H2,1-4H3. The van der Waals surface area contributed by atoms with E-state index in [-0.39, 0.29) is 12.5 Å². The molecule has 0 amide bonds. The molecule has 0 atom stereocenters. The second kappa shape index (κ2) is 6.80. The van der Waals surface area contributed by atoms with Crippen LogP contribution in [0.1, 0.15) is 31.5 Å². The molecule has 0 radical (unpaired) electrons. The summed E-state index contributed by atoms with van der Waals surface area (Å²) in [5.74, 6) is 1.80. The third-order valence-corrected chi connectivity index (χ3v) is 3.62. The van der Waals surface area contributed by atoms with Crippen molar-refractivity contribution in [2.45, 2.75) is 26.3 Å². The van der Waals surface area contributed by atoms with Crippen molar-refractivity contribution in [1.82, 2.24) is 19.9 Å². The minimum Gasteiger partial charge on any atom is -0.493 e. The highest BCUT2D eigenvalue weighted by Crippen LogP contribution is 2.31. The molecule has 0 aliphatic rings. The van der Waals surface area contributed by atoms with Gasteiger partial charge in [-0.05, 0) is 18.2 Å². The quantitative estimate of drug-likeness (QED) is 0.668. The Bertz CT molecular complexity index is 925. The Morgan fingerprint density at radius 3 is 2.52 bits per heavy atom. The van der Waals surface area contributed by atoms with Crippen LogP contribution in [0.25, 0.3) is 11.4 Å². The number of nitrogens with zero attached hydrogens (tertiary/aromatic N) is 4. The van der Waals surface area contributed by atoms with Gasteiger partial charge in [0.1, 0.15) is 6.54 Å². The Labute approximate surface area is 143 Å². The molecule has 0 bridgehead atoms. The van der Waals surface area contributed by atoms with Gasteiger partial charge in [0.15, 0.2) is 23.1 Å². The summed E-state index contributed by atoms with van der Waals surface area (Å²) < 4.78 is 21.8. The lowest BCUT2D eigenvalue weighted by Gasteiger charge is -2.09. The Kier molecular flexibility index (Phi) is 4.55. The first kappa shape index (κ1) is 16.7. The fourth-order valence-corrected chi connectivity index (χ4v) is 2.29. The first-order valence-corrected chi connectivity index (χ1v) is 7.65. The molecule has 2 aromatic heterocycles. The summed E-state index contributed by atoms with van der Waals surface area (Å²) in [6.07, 6.45) is 0. The topological polar surface area (TPSA) is 105 Å². The zero-order valence-corrected chi connectivity index (χ0v) is 14.3. The molecule has 3 rings (SSSR count). The van der Waals surface area contributed by atoms with E-state index in [1.807, 2.05) is 13.8 Å². The Hall–Kier alpha value is -3.10. The van der Waals surface area contributed by atoms with E-state index in [2.05, 4.69) is 15.3 Å². The largest absolute Gasteiger partial charge is 0.493 e. The molecule has 1 aromatic carbocycles. The highest BCUT2D eigenvalue weighted by molar-refractivity contribution is 5.61. The van der Waals surface area contributed by atoms with Crippen LogP contribution in [-0.4, -0.2) is 34.1 Å². The summed E-state index contributed by atoms with van der Waals surface area (Å²) in [6, 6.07) is 5.18. The molecule has 132 valence electrons. The predicted octanol–water partition coefficient (Wildman–Crippen LogP) is 2.08. The average Bonchev–Trinajstić information content (AvgIpc) is 3.22. The van der Waals surface area contributed by atoms with Crippen LogP contribution in [0.15, 0.2) is 32.0 Å². The molecule has 0 N–H and O–H groups in total. The Balaban J connectivity index is 1.97. The van der Waals surface area contributed by atoms with Gasteiger partial charge in [-0.1, -0.05) is 24.2 Å². The zero-order chi connectivity index (χ0) is 18.0. The van der Waals surface area contributed by atoms with Gasteiger partial charge in [0.2, 0.25) is 5.89 Å². The normalized spacial score (nSPS) is 11.1. The number of ether oxygens (including phenoxy) is 2. The molecule has 2 heterocycles. The lowest BCUT2D eigenvalue weighted by atomic mass is 10.2. The number of rotatable bonds is 6. The maximum absolute atomic E-state index is 12.0. The van der Waals surface area contributed by atoms with Crippen molar-refractivity contribution in [2.24, 2.45) is 0 Å². The van der Waals surface area contributed by atoms with Gasteiger partial charge in [-0.25, -0.2) is 9.36 Å². The van der Waals surface area contributed by atoms with Gasteiger partial charge in [-0.15, -0.1) is 0 Å². The summed E-state index contributed by atoms with van der Waals surface area (Å²) >= 11 is 0. The van der Waals surface area contributed by atoms with E-state index >= 15 is 0 Å². The molecule has 0 aliphatic heterocycles. The highest BCUT2D eigenvalue weighted by atomic mass is 16.5.